The number of amides is 2. The highest BCUT2D eigenvalue weighted by molar-refractivity contribution is 6.07. The first kappa shape index (κ1) is 17.9. The molecule has 1 aliphatic rings. The van der Waals surface area contributed by atoms with Gasteiger partial charge in [-0.3, -0.25) is 9.59 Å². The molecule has 134 valence electrons. The van der Waals surface area contributed by atoms with Crippen LogP contribution in [0.5, 0.6) is 0 Å². The average Bonchev–Trinajstić information content (AvgIpc) is 2.68. The predicted molar refractivity (Wildman–Crippen MR) is 104 cm³/mol. The molecule has 5 nitrogen and oxygen atoms in total. The van der Waals surface area contributed by atoms with Crippen molar-refractivity contribution in [1.29, 1.82) is 0 Å². The van der Waals surface area contributed by atoms with Crippen LogP contribution in [-0.2, 0) is 4.79 Å². The summed E-state index contributed by atoms with van der Waals surface area (Å²) < 4.78 is 0. The Balaban J connectivity index is 1.70. The van der Waals surface area contributed by atoms with Crippen LogP contribution in [0.25, 0.3) is 6.08 Å². The summed E-state index contributed by atoms with van der Waals surface area (Å²) in [7, 11) is 2.05. The van der Waals surface area contributed by atoms with Gasteiger partial charge in [0, 0.05) is 32.3 Å². The number of carbonyl (C=O) groups is 2. The Morgan fingerprint density at radius 2 is 1.58 bits per heavy atom. The van der Waals surface area contributed by atoms with Crippen LogP contribution in [-0.4, -0.2) is 54.8 Å². The van der Waals surface area contributed by atoms with Gasteiger partial charge >= 0.3 is 0 Å². The Morgan fingerprint density at radius 3 is 2.31 bits per heavy atom. The van der Waals surface area contributed by atoms with E-state index in [1.54, 1.807) is 18.2 Å². The lowest BCUT2D eigenvalue weighted by atomic mass is 10.1. The van der Waals surface area contributed by atoms with Gasteiger partial charge < -0.3 is 15.1 Å². The molecule has 1 heterocycles. The normalized spacial score (nSPS) is 15.2. The van der Waals surface area contributed by atoms with E-state index in [-0.39, 0.29) is 11.8 Å². The predicted octanol–water partition coefficient (Wildman–Crippen LogP) is 2.73. The van der Waals surface area contributed by atoms with Gasteiger partial charge in [0.1, 0.15) is 0 Å². The fourth-order valence-electron chi connectivity index (χ4n) is 2.87. The maximum Gasteiger partial charge on any atom is 0.256 e. The van der Waals surface area contributed by atoms with Crippen LogP contribution in [0.2, 0.25) is 0 Å². The molecule has 0 bridgehead atoms. The van der Waals surface area contributed by atoms with Gasteiger partial charge in [0.2, 0.25) is 5.91 Å². The van der Waals surface area contributed by atoms with Crippen molar-refractivity contribution in [2.24, 2.45) is 0 Å². The molecule has 0 radical (unpaired) electrons. The Labute approximate surface area is 153 Å². The molecule has 26 heavy (non-hydrogen) atoms. The number of anilines is 1. The Bertz CT molecular complexity index is 794. The third kappa shape index (κ3) is 4.58. The van der Waals surface area contributed by atoms with E-state index >= 15 is 0 Å². The molecule has 0 spiro atoms. The molecule has 1 saturated heterocycles. The largest absolute Gasteiger partial charge is 0.336 e. The molecular weight excluding hydrogens is 326 g/mol. The Morgan fingerprint density at radius 1 is 0.923 bits per heavy atom. The number of para-hydroxylation sites is 1. The summed E-state index contributed by atoms with van der Waals surface area (Å²) in [5.41, 5.74) is 2.02. The van der Waals surface area contributed by atoms with Gasteiger partial charge in [-0.15, -0.1) is 0 Å². The molecule has 2 aromatic carbocycles. The molecule has 5 heteroatoms. The minimum atomic E-state index is -0.257. The summed E-state index contributed by atoms with van der Waals surface area (Å²) in [4.78, 5) is 29.1. The van der Waals surface area contributed by atoms with Crippen molar-refractivity contribution in [2.75, 3.05) is 38.5 Å². The number of nitrogens with zero attached hydrogens (tertiary/aromatic N) is 2. The van der Waals surface area contributed by atoms with Crippen molar-refractivity contribution >= 4 is 23.6 Å². The summed E-state index contributed by atoms with van der Waals surface area (Å²) in [5, 5.41) is 2.83. The molecule has 1 aliphatic heterocycles. The number of likely N-dealkylation sites (N-methyl/N-ethyl adjacent to an activating group) is 1. The molecule has 0 atom stereocenters. The maximum atomic E-state index is 12.8. The van der Waals surface area contributed by atoms with E-state index in [4.69, 9.17) is 0 Å². The molecule has 0 aliphatic carbocycles. The van der Waals surface area contributed by atoms with Gasteiger partial charge in [0.05, 0.1) is 11.3 Å². The van der Waals surface area contributed by atoms with E-state index < -0.39 is 0 Å². The van der Waals surface area contributed by atoms with Crippen molar-refractivity contribution in [2.45, 2.75) is 0 Å². The minimum absolute atomic E-state index is 0.0407. The lowest BCUT2D eigenvalue weighted by Gasteiger charge is -2.32. The van der Waals surface area contributed by atoms with Crippen LogP contribution in [0, 0.1) is 0 Å². The maximum absolute atomic E-state index is 12.8. The standard InChI is InChI=1S/C21H23N3O2/c1-23-13-15-24(16-14-23)21(26)18-9-5-6-10-19(18)22-20(25)12-11-17-7-3-2-4-8-17/h2-12H,13-16H2,1H3,(H,22,25)/b12-11+. The van der Waals surface area contributed by atoms with Crippen LogP contribution in [0.4, 0.5) is 5.69 Å². The summed E-state index contributed by atoms with van der Waals surface area (Å²) in [6.07, 6.45) is 3.23. The van der Waals surface area contributed by atoms with E-state index in [0.717, 1.165) is 18.7 Å². The first-order valence-corrected chi connectivity index (χ1v) is 8.74. The fourth-order valence-corrected chi connectivity index (χ4v) is 2.87. The fraction of sp³-hybridized carbons (Fsp3) is 0.238. The van der Waals surface area contributed by atoms with Crippen molar-refractivity contribution < 1.29 is 9.59 Å². The van der Waals surface area contributed by atoms with Gasteiger partial charge in [-0.1, -0.05) is 42.5 Å². The van der Waals surface area contributed by atoms with Gasteiger partial charge in [0.15, 0.2) is 0 Å². The number of rotatable bonds is 4. The quantitative estimate of drug-likeness (QED) is 0.864. The zero-order valence-electron chi connectivity index (χ0n) is 14.9. The molecule has 0 saturated carbocycles. The summed E-state index contributed by atoms with van der Waals surface area (Å²) in [5.74, 6) is -0.298. The molecule has 2 amide bonds. The van der Waals surface area contributed by atoms with Crippen molar-refractivity contribution in [1.82, 2.24) is 9.80 Å². The SMILES string of the molecule is CN1CCN(C(=O)c2ccccc2NC(=O)/C=C/c2ccccc2)CC1. The summed E-state index contributed by atoms with van der Waals surface area (Å²) >= 11 is 0. The van der Waals surface area contributed by atoms with E-state index in [9.17, 15) is 9.59 Å². The van der Waals surface area contributed by atoms with Crippen LogP contribution in [0.15, 0.2) is 60.7 Å². The number of carbonyl (C=O) groups excluding carboxylic acids is 2. The number of piperazine rings is 1. The Kier molecular flexibility index (Phi) is 5.81. The minimum Gasteiger partial charge on any atom is -0.336 e. The second kappa shape index (κ2) is 8.45. The van der Waals surface area contributed by atoms with Crippen molar-refractivity contribution in [3.05, 3.63) is 71.8 Å². The number of benzene rings is 2. The molecule has 1 fully saturated rings. The van der Waals surface area contributed by atoms with E-state index in [2.05, 4.69) is 17.3 Å². The molecule has 3 rings (SSSR count). The first-order valence-electron chi connectivity index (χ1n) is 8.74. The lowest BCUT2D eigenvalue weighted by Crippen LogP contribution is -2.47. The van der Waals surface area contributed by atoms with Crippen LogP contribution in [0.3, 0.4) is 0 Å². The molecule has 1 N–H and O–H groups in total. The van der Waals surface area contributed by atoms with Crippen LogP contribution >= 0.6 is 0 Å². The lowest BCUT2D eigenvalue weighted by molar-refractivity contribution is -0.111. The van der Waals surface area contributed by atoms with Gasteiger partial charge in [-0.25, -0.2) is 0 Å². The first-order chi connectivity index (χ1) is 12.6. The third-order valence-electron chi connectivity index (χ3n) is 4.43. The van der Waals surface area contributed by atoms with Gasteiger partial charge in [-0.05, 0) is 30.8 Å². The highest BCUT2D eigenvalue weighted by Gasteiger charge is 2.22. The number of hydrogen-bond acceptors (Lipinski definition) is 3. The highest BCUT2D eigenvalue weighted by atomic mass is 16.2. The summed E-state index contributed by atoms with van der Waals surface area (Å²) in [6, 6.07) is 16.8. The molecule has 2 aromatic rings. The van der Waals surface area contributed by atoms with E-state index in [1.165, 1.54) is 6.08 Å². The molecular formula is C21H23N3O2. The second-order valence-electron chi connectivity index (χ2n) is 6.37. The monoisotopic (exact) mass is 349 g/mol. The van der Waals surface area contributed by atoms with Crippen LogP contribution < -0.4 is 5.32 Å². The zero-order chi connectivity index (χ0) is 18.4. The molecule has 0 aromatic heterocycles. The van der Waals surface area contributed by atoms with E-state index in [1.807, 2.05) is 47.4 Å². The Hall–Kier alpha value is -2.92. The topological polar surface area (TPSA) is 52.6 Å². The van der Waals surface area contributed by atoms with Crippen molar-refractivity contribution in [3.63, 3.8) is 0 Å². The van der Waals surface area contributed by atoms with Gasteiger partial charge in [0.25, 0.3) is 5.91 Å². The van der Waals surface area contributed by atoms with Gasteiger partial charge in [-0.2, -0.15) is 0 Å². The number of hydrogen-bond donors (Lipinski definition) is 1. The zero-order valence-corrected chi connectivity index (χ0v) is 14.9. The highest BCUT2D eigenvalue weighted by Crippen LogP contribution is 2.18. The number of nitrogens with one attached hydrogen (secondary N) is 1. The van der Waals surface area contributed by atoms with Crippen LogP contribution in [0.1, 0.15) is 15.9 Å². The van der Waals surface area contributed by atoms with Crippen molar-refractivity contribution in [3.8, 4) is 0 Å². The third-order valence-corrected chi connectivity index (χ3v) is 4.43. The smallest absolute Gasteiger partial charge is 0.256 e. The average molecular weight is 349 g/mol. The molecule has 0 unspecified atom stereocenters. The summed E-state index contributed by atoms with van der Waals surface area (Å²) in [6.45, 7) is 3.12. The second-order valence-corrected chi connectivity index (χ2v) is 6.37. The van der Waals surface area contributed by atoms with E-state index in [0.29, 0.717) is 24.3 Å².